The highest BCUT2D eigenvalue weighted by Crippen LogP contribution is 2.23. The van der Waals surface area contributed by atoms with E-state index in [1.165, 1.54) is 4.90 Å². The predicted octanol–water partition coefficient (Wildman–Crippen LogP) is 4.50. The van der Waals surface area contributed by atoms with Crippen molar-refractivity contribution in [2.45, 2.75) is 17.6 Å². The Bertz CT molecular complexity index is 563. The van der Waals surface area contributed by atoms with E-state index in [2.05, 4.69) is 38.0 Å². The average Bonchev–Trinajstić information content (AvgIpc) is 2.27. The molecule has 2 rings (SSSR count). The third kappa shape index (κ3) is 3.94. The van der Waals surface area contributed by atoms with Crippen molar-refractivity contribution in [3.8, 4) is 0 Å². The molecule has 0 aliphatic rings. The number of hydrogen-bond acceptors (Lipinski definition) is 3. The van der Waals surface area contributed by atoms with Crippen molar-refractivity contribution in [1.82, 2.24) is 9.97 Å². The van der Waals surface area contributed by atoms with Gasteiger partial charge in [-0.25, -0.2) is 4.98 Å². The molecule has 0 spiro atoms. The lowest BCUT2D eigenvalue weighted by Gasteiger charge is -2.03. The number of rotatable bonds is 3. The number of thioether (sulfide) groups is 1. The molecule has 0 aliphatic carbocycles. The topological polar surface area (TPSA) is 28.7 Å². The summed E-state index contributed by atoms with van der Waals surface area (Å²) in [6.07, 6.45) is 0. The van der Waals surface area contributed by atoms with Crippen molar-refractivity contribution in [2.75, 3.05) is 0 Å². The van der Waals surface area contributed by atoms with Gasteiger partial charge < -0.3 is 4.98 Å². The van der Waals surface area contributed by atoms with Gasteiger partial charge in [-0.3, -0.25) is 0 Å². The van der Waals surface area contributed by atoms with Crippen molar-refractivity contribution >= 4 is 39.9 Å². The first-order chi connectivity index (χ1) is 8.13. The van der Waals surface area contributed by atoms with E-state index in [1.807, 2.05) is 25.1 Å². The molecule has 0 fully saturated rings. The number of aryl methyl sites for hydroxylation is 1. The van der Waals surface area contributed by atoms with Crippen LogP contribution in [0.4, 0.5) is 0 Å². The van der Waals surface area contributed by atoms with E-state index in [0.717, 1.165) is 21.7 Å². The SMILES string of the molecule is Cc1cc(=S)nc(CSc2ccc(Br)cc2)[nH]1. The molecule has 1 N–H and O–H groups in total. The Morgan fingerprint density at radius 2 is 2.06 bits per heavy atom. The van der Waals surface area contributed by atoms with Gasteiger partial charge >= 0.3 is 0 Å². The summed E-state index contributed by atoms with van der Waals surface area (Å²) in [5.41, 5.74) is 1.05. The molecule has 0 unspecified atom stereocenters. The summed E-state index contributed by atoms with van der Waals surface area (Å²) in [7, 11) is 0. The fourth-order valence-corrected chi connectivity index (χ4v) is 2.71. The number of nitrogens with zero attached hydrogens (tertiary/aromatic N) is 1. The minimum atomic E-state index is 0.646. The Labute approximate surface area is 118 Å². The van der Waals surface area contributed by atoms with Crippen LogP contribution in [0, 0.1) is 11.6 Å². The maximum Gasteiger partial charge on any atom is 0.130 e. The number of benzene rings is 1. The Hall–Kier alpha value is -0.650. The molecule has 0 bridgehead atoms. The fraction of sp³-hybridized carbons (Fsp3) is 0.167. The predicted molar refractivity (Wildman–Crippen MR) is 77.9 cm³/mol. The standard InChI is InChI=1S/C12H11BrN2S2/c1-8-6-12(16)15-11(14-8)7-17-10-4-2-9(13)3-5-10/h2-6H,7H2,1H3,(H,14,15,16). The average molecular weight is 327 g/mol. The van der Waals surface area contributed by atoms with E-state index in [1.54, 1.807) is 11.8 Å². The van der Waals surface area contributed by atoms with Gasteiger partial charge in [0.05, 0.1) is 5.75 Å². The molecule has 5 heteroatoms. The largest absolute Gasteiger partial charge is 0.347 e. The van der Waals surface area contributed by atoms with Crippen molar-refractivity contribution in [3.63, 3.8) is 0 Å². The highest BCUT2D eigenvalue weighted by atomic mass is 79.9. The monoisotopic (exact) mass is 326 g/mol. The highest BCUT2D eigenvalue weighted by Gasteiger charge is 1.99. The summed E-state index contributed by atoms with van der Waals surface area (Å²) >= 11 is 10.2. The van der Waals surface area contributed by atoms with Gasteiger partial charge in [0.25, 0.3) is 0 Å². The molecule has 1 heterocycles. The molecule has 0 saturated carbocycles. The Balaban J connectivity index is 2.07. The zero-order chi connectivity index (χ0) is 12.3. The second-order valence-electron chi connectivity index (χ2n) is 3.59. The molecular formula is C12H11BrN2S2. The summed E-state index contributed by atoms with van der Waals surface area (Å²) in [6.45, 7) is 1.99. The van der Waals surface area contributed by atoms with Crippen LogP contribution in [0.2, 0.25) is 0 Å². The van der Waals surface area contributed by atoms with Crippen molar-refractivity contribution in [2.24, 2.45) is 0 Å². The van der Waals surface area contributed by atoms with Gasteiger partial charge in [0.1, 0.15) is 10.5 Å². The van der Waals surface area contributed by atoms with Crippen molar-refractivity contribution < 1.29 is 0 Å². The van der Waals surface area contributed by atoms with Gasteiger partial charge in [0.15, 0.2) is 0 Å². The molecule has 1 aromatic carbocycles. The zero-order valence-electron chi connectivity index (χ0n) is 9.24. The smallest absolute Gasteiger partial charge is 0.130 e. The lowest BCUT2D eigenvalue weighted by atomic mass is 10.4. The van der Waals surface area contributed by atoms with Crippen LogP contribution in [0.15, 0.2) is 39.7 Å². The Morgan fingerprint density at radius 1 is 1.35 bits per heavy atom. The number of hydrogen-bond donors (Lipinski definition) is 1. The van der Waals surface area contributed by atoms with E-state index in [-0.39, 0.29) is 0 Å². The number of aromatic nitrogens is 2. The maximum absolute atomic E-state index is 5.09. The molecule has 0 saturated heterocycles. The van der Waals surface area contributed by atoms with E-state index in [0.29, 0.717) is 4.64 Å². The summed E-state index contributed by atoms with van der Waals surface area (Å²) in [6, 6.07) is 10.1. The first-order valence-electron chi connectivity index (χ1n) is 5.09. The van der Waals surface area contributed by atoms with Crippen molar-refractivity contribution in [3.05, 3.63) is 51.0 Å². The van der Waals surface area contributed by atoms with Crippen LogP contribution in [-0.2, 0) is 5.75 Å². The Morgan fingerprint density at radius 3 is 2.71 bits per heavy atom. The van der Waals surface area contributed by atoms with Crippen LogP contribution in [-0.4, -0.2) is 9.97 Å². The maximum atomic E-state index is 5.09. The summed E-state index contributed by atoms with van der Waals surface area (Å²) < 4.78 is 1.74. The molecule has 0 amide bonds. The third-order valence-corrected chi connectivity index (χ3v) is 3.88. The molecule has 1 aromatic heterocycles. The van der Waals surface area contributed by atoms with Gasteiger partial charge in [-0.15, -0.1) is 11.8 Å². The van der Waals surface area contributed by atoms with Gasteiger partial charge in [-0.1, -0.05) is 28.1 Å². The molecule has 88 valence electrons. The first-order valence-corrected chi connectivity index (χ1v) is 7.27. The molecule has 0 atom stereocenters. The second kappa shape index (κ2) is 5.80. The van der Waals surface area contributed by atoms with Crippen molar-refractivity contribution in [1.29, 1.82) is 0 Å². The van der Waals surface area contributed by atoms with Crippen LogP contribution < -0.4 is 0 Å². The normalized spacial score (nSPS) is 10.5. The highest BCUT2D eigenvalue weighted by molar-refractivity contribution is 9.10. The molecule has 2 aromatic rings. The van der Waals surface area contributed by atoms with Gasteiger partial charge in [0, 0.05) is 15.1 Å². The molecule has 2 nitrogen and oxygen atoms in total. The third-order valence-electron chi connectivity index (χ3n) is 2.12. The van der Waals surface area contributed by atoms with E-state index >= 15 is 0 Å². The van der Waals surface area contributed by atoms with Crippen LogP contribution in [0.3, 0.4) is 0 Å². The first kappa shape index (κ1) is 12.8. The molecular weight excluding hydrogens is 316 g/mol. The molecule has 0 radical (unpaired) electrons. The number of H-pyrrole nitrogens is 1. The van der Waals surface area contributed by atoms with Crippen LogP contribution in [0.5, 0.6) is 0 Å². The van der Waals surface area contributed by atoms with E-state index in [4.69, 9.17) is 12.2 Å². The molecule has 0 aliphatic heterocycles. The Kier molecular flexibility index (Phi) is 4.36. The van der Waals surface area contributed by atoms with Gasteiger partial charge in [-0.05, 0) is 37.3 Å². The van der Waals surface area contributed by atoms with Crippen LogP contribution in [0.1, 0.15) is 11.5 Å². The van der Waals surface area contributed by atoms with Crippen LogP contribution in [0.25, 0.3) is 0 Å². The number of nitrogens with one attached hydrogen (secondary N) is 1. The van der Waals surface area contributed by atoms with Gasteiger partial charge in [0.2, 0.25) is 0 Å². The fourth-order valence-electron chi connectivity index (χ4n) is 1.39. The summed E-state index contributed by atoms with van der Waals surface area (Å²) in [5.74, 6) is 1.72. The summed E-state index contributed by atoms with van der Waals surface area (Å²) in [5, 5.41) is 0. The number of aromatic amines is 1. The van der Waals surface area contributed by atoms with E-state index < -0.39 is 0 Å². The van der Waals surface area contributed by atoms with E-state index in [9.17, 15) is 0 Å². The second-order valence-corrected chi connectivity index (χ2v) is 5.97. The van der Waals surface area contributed by atoms with Gasteiger partial charge in [-0.2, -0.15) is 0 Å². The van der Waals surface area contributed by atoms with Crippen LogP contribution >= 0.6 is 39.9 Å². The minimum Gasteiger partial charge on any atom is -0.347 e. The number of halogens is 1. The molecule has 17 heavy (non-hydrogen) atoms. The minimum absolute atomic E-state index is 0.646. The quantitative estimate of drug-likeness (QED) is 0.664. The zero-order valence-corrected chi connectivity index (χ0v) is 12.5. The lowest BCUT2D eigenvalue weighted by Crippen LogP contribution is -1.94. The summed E-state index contributed by atoms with van der Waals surface area (Å²) in [4.78, 5) is 8.74. The lowest BCUT2D eigenvalue weighted by molar-refractivity contribution is 0.986.